The molecular weight excluding hydrogens is 320 g/mol. The van der Waals surface area contributed by atoms with Crippen LogP contribution in [0.1, 0.15) is 32.8 Å². The zero-order chi connectivity index (χ0) is 18.4. The van der Waals surface area contributed by atoms with Crippen LogP contribution in [-0.2, 0) is 16.0 Å². The molecule has 6 nitrogen and oxygen atoms in total. The molecule has 3 N–H and O–H groups in total. The Morgan fingerprint density at radius 2 is 2.04 bits per heavy atom. The Kier molecular flexibility index (Phi) is 5.85. The van der Waals surface area contributed by atoms with Gasteiger partial charge in [0.05, 0.1) is 12.5 Å². The van der Waals surface area contributed by atoms with Crippen molar-refractivity contribution in [3.05, 3.63) is 48.2 Å². The third kappa shape index (κ3) is 5.99. The monoisotopic (exact) mass is 344 g/mol. The van der Waals surface area contributed by atoms with E-state index in [0.29, 0.717) is 6.42 Å². The van der Waals surface area contributed by atoms with Crippen LogP contribution in [0.2, 0.25) is 0 Å². The van der Waals surface area contributed by atoms with Crippen molar-refractivity contribution in [1.82, 2.24) is 10.3 Å². The van der Waals surface area contributed by atoms with Crippen molar-refractivity contribution in [2.45, 2.75) is 45.3 Å². The van der Waals surface area contributed by atoms with E-state index in [4.69, 9.17) is 9.84 Å². The molecule has 2 rings (SSSR count). The van der Waals surface area contributed by atoms with Gasteiger partial charge in [-0.2, -0.15) is 0 Å². The molecule has 0 aliphatic carbocycles. The zero-order valence-electron chi connectivity index (χ0n) is 14.7. The number of aromatic nitrogens is 1. The molecule has 0 fully saturated rings. The summed E-state index contributed by atoms with van der Waals surface area (Å²) in [5, 5.41) is 12.7. The summed E-state index contributed by atoms with van der Waals surface area (Å²) < 4.78 is 5.29. The highest BCUT2D eigenvalue weighted by atomic mass is 16.6. The molecule has 0 unspecified atom stereocenters. The van der Waals surface area contributed by atoms with Gasteiger partial charge >= 0.3 is 12.1 Å². The second-order valence-corrected chi connectivity index (χ2v) is 6.84. The molecular formula is C19H24N2O4. The molecule has 0 spiro atoms. The molecule has 2 aromatic rings. The Morgan fingerprint density at radius 3 is 2.72 bits per heavy atom. The van der Waals surface area contributed by atoms with Crippen molar-refractivity contribution in [3.63, 3.8) is 0 Å². The first-order valence-electron chi connectivity index (χ1n) is 8.17. The van der Waals surface area contributed by atoms with Crippen molar-refractivity contribution in [3.8, 4) is 0 Å². The summed E-state index contributed by atoms with van der Waals surface area (Å²) in [6.07, 6.45) is 5.04. The predicted octanol–water partition coefficient (Wildman–Crippen LogP) is 3.63. The number of nitrogens with one attached hydrogen (secondary N) is 2. The van der Waals surface area contributed by atoms with E-state index in [9.17, 15) is 9.59 Å². The number of alkyl carbamates (subject to hydrolysis) is 1. The van der Waals surface area contributed by atoms with Crippen LogP contribution >= 0.6 is 0 Å². The quantitative estimate of drug-likeness (QED) is 0.698. The number of rotatable bonds is 6. The van der Waals surface area contributed by atoms with E-state index >= 15 is 0 Å². The van der Waals surface area contributed by atoms with Gasteiger partial charge in [-0.15, -0.1) is 0 Å². The number of benzene rings is 1. The Labute approximate surface area is 146 Å². The number of hydrogen-bond donors (Lipinski definition) is 3. The number of H-pyrrole nitrogens is 1. The molecule has 0 radical (unpaired) electrons. The van der Waals surface area contributed by atoms with E-state index < -0.39 is 17.7 Å². The largest absolute Gasteiger partial charge is 0.481 e. The maximum atomic E-state index is 12.1. The van der Waals surface area contributed by atoms with Gasteiger partial charge in [-0.05, 0) is 38.8 Å². The summed E-state index contributed by atoms with van der Waals surface area (Å²) in [6, 6.07) is 7.53. The van der Waals surface area contributed by atoms with Gasteiger partial charge in [0.25, 0.3) is 0 Å². The lowest BCUT2D eigenvalue weighted by Gasteiger charge is -2.22. The molecule has 134 valence electrons. The number of carboxylic acids is 1. The zero-order valence-corrected chi connectivity index (χ0v) is 14.7. The number of aliphatic carboxylic acids is 1. The third-order valence-electron chi connectivity index (χ3n) is 3.48. The standard InChI is InChI=1S/C19H24N2O4/c1-19(2,3)25-18(24)21-14(7-6-10-17(22)23)11-13-12-20-16-9-5-4-8-15(13)16/h4-9,12,14,20H,10-11H2,1-3H3,(H,21,24)(H,22,23)/t14-/m1/s1. The molecule has 0 saturated carbocycles. The number of hydrogen-bond acceptors (Lipinski definition) is 3. The first kappa shape index (κ1) is 18.6. The minimum atomic E-state index is -0.917. The van der Waals surface area contributed by atoms with Gasteiger partial charge < -0.3 is 20.1 Å². The third-order valence-corrected chi connectivity index (χ3v) is 3.48. The lowest BCUT2D eigenvalue weighted by Crippen LogP contribution is -2.39. The maximum absolute atomic E-state index is 12.1. The molecule has 1 heterocycles. The molecule has 1 aromatic heterocycles. The summed E-state index contributed by atoms with van der Waals surface area (Å²) in [6.45, 7) is 5.38. The predicted molar refractivity (Wildman–Crippen MR) is 96.6 cm³/mol. The summed E-state index contributed by atoms with van der Waals surface area (Å²) in [7, 11) is 0. The van der Waals surface area contributed by atoms with Crippen molar-refractivity contribution in [2.75, 3.05) is 0 Å². The topological polar surface area (TPSA) is 91.4 Å². The van der Waals surface area contributed by atoms with Gasteiger partial charge in [0, 0.05) is 17.1 Å². The van der Waals surface area contributed by atoms with E-state index in [2.05, 4.69) is 10.3 Å². The van der Waals surface area contributed by atoms with E-state index in [1.165, 1.54) is 0 Å². The molecule has 0 aliphatic rings. The number of fused-ring (bicyclic) bond motifs is 1. The molecule has 6 heteroatoms. The Balaban J connectivity index is 2.14. The van der Waals surface area contributed by atoms with E-state index in [1.807, 2.05) is 30.5 Å². The fraction of sp³-hybridized carbons (Fsp3) is 0.368. The van der Waals surface area contributed by atoms with Gasteiger partial charge in [0.15, 0.2) is 0 Å². The summed E-state index contributed by atoms with van der Waals surface area (Å²) >= 11 is 0. The normalized spacial score (nSPS) is 13.1. The van der Waals surface area contributed by atoms with Crippen LogP contribution < -0.4 is 5.32 Å². The first-order valence-corrected chi connectivity index (χ1v) is 8.17. The molecule has 1 aromatic carbocycles. The molecule has 1 amide bonds. The van der Waals surface area contributed by atoms with Crippen molar-refractivity contribution < 1.29 is 19.4 Å². The maximum Gasteiger partial charge on any atom is 0.408 e. The lowest BCUT2D eigenvalue weighted by molar-refractivity contribution is -0.136. The number of carbonyl (C=O) groups is 2. The molecule has 0 bridgehead atoms. The fourth-order valence-electron chi connectivity index (χ4n) is 2.50. The van der Waals surface area contributed by atoms with Crippen molar-refractivity contribution in [1.29, 1.82) is 0 Å². The van der Waals surface area contributed by atoms with Crippen LogP contribution in [0.4, 0.5) is 4.79 Å². The van der Waals surface area contributed by atoms with Crippen LogP contribution in [0.3, 0.4) is 0 Å². The number of para-hydroxylation sites is 1. The highest BCUT2D eigenvalue weighted by Gasteiger charge is 2.19. The second-order valence-electron chi connectivity index (χ2n) is 6.84. The molecule has 25 heavy (non-hydrogen) atoms. The number of carbonyl (C=O) groups excluding carboxylic acids is 1. The number of amides is 1. The van der Waals surface area contributed by atoms with Crippen LogP contribution in [0.15, 0.2) is 42.6 Å². The SMILES string of the molecule is CC(C)(C)OC(=O)N[C@H](C=CCC(=O)O)Cc1c[nH]c2ccccc12. The smallest absolute Gasteiger partial charge is 0.408 e. The summed E-state index contributed by atoms with van der Waals surface area (Å²) in [4.78, 5) is 26.0. The van der Waals surface area contributed by atoms with E-state index in [-0.39, 0.29) is 12.5 Å². The van der Waals surface area contributed by atoms with Gasteiger partial charge in [-0.1, -0.05) is 30.4 Å². The van der Waals surface area contributed by atoms with Crippen LogP contribution in [0, 0.1) is 0 Å². The van der Waals surface area contributed by atoms with Crippen LogP contribution in [0.5, 0.6) is 0 Å². The second kappa shape index (κ2) is 7.88. The number of aromatic amines is 1. The summed E-state index contributed by atoms with van der Waals surface area (Å²) in [5.41, 5.74) is 1.46. The fourth-order valence-corrected chi connectivity index (χ4v) is 2.50. The Bertz CT molecular complexity index is 771. The Morgan fingerprint density at radius 1 is 1.32 bits per heavy atom. The van der Waals surface area contributed by atoms with Gasteiger partial charge in [0.1, 0.15) is 5.60 Å². The average Bonchev–Trinajstić information content (AvgIpc) is 2.88. The van der Waals surface area contributed by atoms with Crippen molar-refractivity contribution >= 4 is 23.0 Å². The first-order chi connectivity index (χ1) is 11.7. The lowest BCUT2D eigenvalue weighted by atomic mass is 10.0. The highest BCUT2D eigenvalue weighted by Crippen LogP contribution is 2.19. The number of ether oxygens (including phenoxy) is 1. The van der Waals surface area contributed by atoms with E-state index in [1.54, 1.807) is 32.9 Å². The number of carboxylic acid groups (broad SMARTS) is 1. The molecule has 0 aliphatic heterocycles. The summed E-state index contributed by atoms with van der Waals surface area (Å²) in [5.74, 6) is -0.917. The van der Waals surface area contributed by atoms with E-state index in [0.717, 1.165) is 16.5 Å². The van der Waals surface area contributed by atoms with Gasteiger partial charge in [0.2, 0.25) is 0 Å². The average molecular weight is 344 g/mol. The highest BCUT2D eigenvalue weighted by molar-refractivity contribution is 5.83. The minimum absolute atomic E-state index is 0.0968. The van der Waals surface area contributed by atoms with Gasteiger partial charge in [-0.3, -0.25) is 4.79 Å². The van der Waals surface area contributed by atoms with Crippen LogP contribution in [0.25, 0.3) is 10.9 Å². The molecule has 0 saturated heterocycles. The minimum Gasteiger partial charge on any atom is -0.481 e. The van der Waals surface area contributed by atoms with Crippen molar-refractivity contribution in [2.24, 2.45) is 0 Å². The van der Waals surface area contributed by atoms with Crippen LogP contribution in [-0.4, -0.2) is 33.8 Å². The Hall–Kier alpha value is -2.76. The van der Waals surface area contributed by atoms with Gasteiger partial charge in [-0.25, -0.2) is 4.79 Å². The molecule has 1 atom stereocenters.